The first kappa shape index (κ1) is 15.1. The van der Waals surface area contributed by atoms with E-state index in [4.69, 9.17) is 9.47 Å². The lowest BCUT2D eigenvalue weighted by atomic mass is 10.2. The molecular weight excluding hydrogens is 299 g/mol. The molecule has 1 heterocycles. The molecule has 0 atom stereocenters. The SMILES string of the molecule is O=C(CCNc1ccc2c(c1)OCO2)NCc1ccc(F)cc1. The summed E-state index contributed by atoms with van der Waals surface area (Å²) < 4.78 is 23.3. The summed E-state index contributed by atoms with van der Waals surface area (Å²) >= 11 is 0. The van der Waals surface area contributed by atoms with Gasteiger partial charge in [0.25, 0.3) is 0 Å². The molecule has 23 heavy (non-hydrogen) atoms. The second kappa shape index (κ2) is 7.00. The first-order chi connectivity index (χ1) is 11.2. The van der Waals surface area contributed by atoms with Crippen LogP contribution in [-0.4, -0.2) is 19.2 Å². The number of hydrogen-bond acceptors (Lipinski definition) is 4. The van der Waals surface area contributed by atoms with Crippen LogP contribution in [0.3, 0.4) is 0 Å². The van der Waals surface area contributed by atoms with Gasteiger partial charge in [-0.15, -0.1) is 0 Å². The second-order valence-corrected chi connectivity index (χ2v) is 5.15. The number of carbonyl (C=O) groups is 1. The number of hydrogen-bond donors (Lipinski definition) is 2. The van der Waals surface area contributed by atoms with Gasteiger partial charge in [0.1, 0.15) is 5.82 Å². The average Bonchev–Trinajstić information content (AvgIpc) is 3.02. The molecule has 0 bridgehead atoms. The minimum atomic E-state index is -0.284. The molecular formula is C17H17FN2O3. The molecule has 2 aromatic carbocycles. The first-order valence-electron chi connectivity index (χ1n) is 7.35. The topological polar surface area (TPSA) is 59.6 Å². The van der Waals surface area contributed by atoms with Gasteiger partial charge in [0.2, 0.25) is 12.7 Å². The summed E-state index contributed by atoms with van der Waals surface area (Å²) in [5, 5.41) is 5.97. The van der Waals surface area contributed by atoms with Crippen LogP contribution in [0.1, 0.15) is 12.0 Å². The van der Waals surface area contributed by atoms with Gasteiger partial charge in [0.15, 0.2) is 11.5 Å². The van der Waals surface area contributed by atoms with E-state index in [1.54, 1.807) is 12.1 Å². The molecule has 0 aromatic heterocycles. The Morgan fingerprint density at radius 1 is 1.09 bits per heavy atom. The molecule has 0 radical (unpaired) electrons. The molecule has 5 nitrogen and oxygen atoms in total. The summed E-state index contributed by atoms with van der Waals surface area (Å²) in [5.41, 5.74) is 1.74. The van der Waals surface area contributed by atoms with Crippen LogP contribution in [0.5, 0.6) is 11.5 Å². The molecule has 0 saturated carbocycles. The van der Waals surface area contributed by atoms with Crippen molar-refractivity contribution in [3.63, 3.8) is 0 Å². The van der Waals surface area contributed by atoms with Crippen molar-refractivity contribution in [2.45, 2.75) is 13.0 Å². The Labute approximate surface area is 133 Å². The van der Waals surface area contributed by atoms with Gasteiger partial charge in [-0.05, 0) is 29.8 Å². The third-order valence-corrected chi connectivity index (χ3v) is 3.46. The van der Waals surface area contributed by atoms with Crippen LogP contribution in [0.2, 0.25) is 0 Å². The fraction of sp³-hybridized carbons (Fsp3) is 0.235. The third-order valence-electron chi connectivity index (χ3n) is 3.46. The lowest BCUT2D eigenvalue weighted by Crippen LogP contribution is -2.24. The molecule has 2 N–H and O–H groups in total. The lowest BCUT2D eigenvalue weighted by molar-refractivity contribution is -0.121. The minimum Gasteiger partial charge on any atom is -0.454 e. The summed E-state index contributed by atoms with van der Waals surface area (Å²) in [6.45, 7) is 1.14. The largest absolute Gasteiger partial charge is 0.454 e. The fourth-order valence-corrected chi connectivity index (χ4v) is 2.22. The maximum atomic E-state index is 12.8. The summed E-state index contributed by atoms with van der Waals surface area (Å²) in [7, 11) is 0. The number of ether oxygens (including phenoxy) is 2. The van der Waals surface area contributed by atoms with Gasteiger partial charge in [0, 0.05) is 31.3 Å². The van der Waals surface area contributed by atoms with Crippen LogP contribution in [0.4, 0.5) is 10.1 Å². The molecule has 6 heteroatoms. The molecule has 0 aliphatic carbocycles. The van der Waals surface area contributed by atoms with Gasteiger partial charge in [0.05, 0.1) is 0 Å². The summed E-state index contributed by atoms with van der Waals surface area (Å²) in [5.74, 6) is 1.08. The highest BCUT2D eigenvalue weighted by Gasteiger charge is 2.13. The molecule has 1 aliphatic rings. The van der Waals surface area contributed by atoms with E-state index in [1.165, 1.54) is 12.1 Å². The normalized spacial score (nSPS) is 12.0. The van der Waals surface area contributed by atoms with Crippen molar-refractivity contribution >= 4 is 11.6 Å². The minimum absolute atomic E-state index is 0.0671. The van der Waals surface area contributed by atoms with E-state index in [-0.39, 0.29) is 18.5 Å². The van der Waals surface area contributed by atoms with Gasteiger partial charge < -0.3 is 20.1 Å². The molecule has 0 unspecified atom stereocenters. The molecule has 0 fully saturated rings. The Kier molecular flexibility index (Phi) is 4.61. The molecule has 3 rings (SSSR count). The van der Waals surface area contributed by atoms with Gasteiger partial charge in [-0.3, -0.25) is 4.79 Å². The number of nitrogens with one attached hydrogen (secondary N) is 2. The number of amides is 1. The predicted octanol–water partition coefficient (Wildman–Crippen LogP) is 2.67. The second-order valence-electron chi connectivity index (χ2n) is 5.15. The van der Waals surface area contributed by atoms with Crippen molar-refractivity contribution < 1.29 is 18.7 Å². The first-order valence-corrected chi connectivity index (χ1v) is 7.35. The quantitative estimate of drug-likeness (QED) is 0.860. The van der Waals surface area contributed by atoms with Crippen molar-refractivity contribution in [3.8, 4) is 11.5 Å². The molecule has 1 aliphatic heterocycles. The highest BCUT2D eigenvalue weighted by atomic mass is 19.1. The van der Waals surface area contributed by atoms with Crippen molar-refractivity contribution in [2.24, 2.45) is 0 Å². The van der Waals surface area contributed by atoms with E-state index in [0.717, 1.165) is 17.0 Å². The molecule has 1 amide bonds. The van der Waals surface area contributed by atoms with Crippen molar-refractivity contribution in [1.29, 1.82) is 0 Å². The monoisotopic (exact) mass is 316 g/mol. The average molecular weight is 316 g/mol. The number of fused-ring (bicyclic) bond motifs is 1. The fourth-order valence-electron chi connectivity index (χ4n) is 2.22. The molecule has 2 aromatic rings. The van der Waals surface area contributed by atoms with Crippen LogP contribution in [0.15, 0.2) is 42.5 Å². The zero-order valence-corrected chi connectivity index (χ0v) is 12.5. The Morgan fingerprint density at radius 3 is 2.70 bits per heavy atom. The van der Waals surface area contributed by atoms with E-state index < -0.39 is 0 Å². The van der Waals surface area contributed by atoms with Crippen LogP contribution in [0.25, 0.3) is 0 Å². The van der Waals surface area contributed by atoms with Gasteiger partial charge in [-0.1, -0.05) is 12.1 Å². The maximum absolute atomic E-state index is 12.8. The van der Waals surface area contributed by atoms with E-state index >= 15 is 0 Å². The zero-order chi connectivity index (χ0) is 16.1. The van der Waals surface area contributed by atoms with E-state index in [2.05, 4.69) is 10.6 Å². The number of benzene rings is 2. The molecule has 0 saturated heterocycles. The van der Waals surface area contributed by atoms with Crippen molar-refractivity contribution in [2.75, 3.05) is 18.7 Å². The van der Waals surface area contributed by atoms with Crippen LogP contribution >= 0.6 is 0 Å². The lowest BCUT2D eigenvalue weighted by Gasteiger charge is -2.08. The van der Waals surface area contributed by atoms with Crippen LogP contribution in [-0.2, 0) is 11.3 Å². The van der Waals surface area contributed by atoms with E-state index in [1.807, 2.05) is 18.2 Å². The Hall–Kier alpha value is -2.76. The van der Waals surface area contributed by atoms with Crippen molar-refractivity contribution in [3.05, 3.63) is 53.8 Å². The summed E-state index contributed by atoms with van der Waals surface area (Å²) in [4.78, 5) is 11.8. The van der Waals surface area contributed by atoms with Gasteiger partial charge >= 0.3 is 0 Å². The van der Waals surface area contributed by atoms with Gasteiger partial charge in [-0.2, -0.15) is 0 Å². The standard InChI is InChI=1S/C17H17FN2O3/c18-13-3-1-12(2-4-13)10-20-17(21)7-8-19-14-5-6-15-16(9-14)23-11-22-15/h1-6,9,19H,7-8,10-11H2,(H,20,21). The van der Waals surface area contributed by atoms with E-state index in [0.29, 0.717) is 25.3 Å². The number of halogens is 1. The van der Waals surface area contributed by atoms with Crippen LogP contribution < -0.4 is 20.1 Å². The highest BCUT2D eigenvalue weighted by molar-refractivity contribution is 5.76. The molecule has 0 spiro atoms. The smallest absolute Gasteiger partial charge is 0.231 e. The Morgan fingerprint density at radius 2 is 1.87 bits per heavy atom. The number of anilines is 1. The number of rotatable bonds is 6. The highest BCUT2D eigenvalue weighted by Crippen LogP contribution is 2.34. The number of carbonyl (C=O) groups excluding carboxylic acids is 1. The molecule has 120 valence electrons. The van der Waals surface area contributed by atoms with Gasteiger partial charge in [-0.25, -0.2) is 4.39 Å². The van der Waals surface area contributed by atoms with Crippen LogP contribution in [0, 0.1) is 5.82 Å². The zero-order valence-electron chi connectivity index (χ0n) is 12.5. The summed E-state index contributed by atoms with van der Waals surface area (Å²) in [6, 6.07) is 11.6. The predicted molar refractivity (Wildman–Crippen MR) is 83.9 cm³/mol. The maximum Gasteiger partial charge on any atom is 0.231 e. The van der Waals surface area contributed by atoms with Crippen molar-refractivity contribution in [1.82, 2.24) is 5.32 Å². The van der Waals surface area contributed by atoms with E-state index in [9.17, 15) is 9.18 Å². The Bertz CT molecular complexity index is 689. The Balaban J connectivity index is 1.40. The summed E-state index contributed by atoms with van der Waals surface area (Å²) in [6.07, 6.45) is 0.343. The third kappa shape index (κ3) is 4.12.